The van der Waals surface area contributed by atoms with Gasteiger partial charge in [-0.25, -0.2) is 9.97 Å². The Labute approximate surface area is 140 Å². The Morgan fingerprint density at radius 3 is 2.54 bits per heavy atom. The molecule has 2 aromatic heterocycles. The van der Waals surface area contributed by atoms with Crippen molar-refractivity contribution in [1.29, 1.82) is 0 Å². The van der Waals surface area contributed by atoms with E-state index in [0.29, 0.717) is 11.4 Å². The van der Waals surface area contributed by atoms with Crippen LogP contribution in [0, 0.1) is 0 Å². The van der Waals surface area contributed by atoms with Crippen molar-refractivity contribution in [3.8, 4) is 5.88 Å². The zero-order valence-electron chi connectivity index (χ0n) is 13.5. The number of carbonyl (C=O) groups is 1. The van der Waals surface area contributed by atoms with Gasteiger partial charge in [-0.2, -0.15) is 0 Å². The number of rotatable bonds is 5. The van der Waals surface area contributed by atoms with Gasteiger partial charge in [-0.05, 0) is 11.6 Å². The predicted molar refractivity (Wildman–Crippen MR) is 89.7 cm³/mol. The quantitative estimate of drug-likeness (QED) is 0.783. The van der Waals surface area contributed by atoms with Crippen LogP contribution in [0.2, 0.25) is 0 Å². The molecule has 1 aromatic carbocycles. The summed E-state index contributed by atoms with van der Waals surface area (Å²) in [6.07, 6.45) is 5.06. The van der Waals surface area contributed by atoms with Crippen LogP contribution in [0.5, 0.6) is 5.88 Å². The van der Waals surface area contributed by atoms with Crippen LogP contribution in [-0.2, 0) is 7.05 Å². The average molecular weight is 322 g/mol. The van der Waals surface area contributed by atoms with Gasteiger partial charge in [0.25, 0.3) is 5.91 Å². The van der Waals surface area contributed by atoms with Crippen molar-refractivity contribution in [2.75, 3.05) is 7.11 Å². The molecule has 0 radical (unpaired) electrons. The number of aromatic nitrogens is 3. The molecule has 0 aliphatic heterocycles. The van der Waals surface area contributed by atoms with Crippen molar-refractivity contribution in [3.63, 3.8) is 0 Å². The minimum atomic E-state index is -0.346. The highest BCUT2D eigenvalue weighted by Crippen LogP contribution is 2.21. The number of pyridine rings is 1. The van der Waals surface area contributed by atoms with E-state index in [9.17, 15) is 4.79 Å². The van der Waals surface area contributed by atoms with Crippen LogP contribution in [0.4, 0.5) is 0 Å². The Hall–Kier alpha value is -3.15. The van der Waals surface area contributed by atoms with Crippen molar-refractivity contribution < 1.29 is 9.53 Å². The van der Waals surface area contributed by atoms with E-state index in [1.54, 1.807) is 18.3 Å². The van der Waals surface area contributed by atoms with Crippen molar-refractivity contribution in [1.82, 2.24) is 19.9 Å². The molecule has 1 amide bonds. The molecule has 2 heterocycles. The smallest absolute Gasteiger partial charge is 0.253 e. The topological polar surface area (TPSA) is 69.0 Å². The first-order chi connectivity index (χ1) is 11.7. The molecule has 3 aromatic rings. The summed E-state index contributed by atoms with van der Waals surface area (Å²) in [6, 6.07) is 12.7. The molecule has 0 aliphatic rings. The van der Waals surface area contributed by atoms with Gasteiger partial charge < -0.3 is 14.6 Å². The summed E-state index contributed by atoms with van der Waals surface area (Å²) in [7, 11) is 3.44. The van der Waals surface area contributed by atoms with Crippen LogP contribution in [0.25, 0.3) is 0 Å². The lowest BCUT2D eigenvalue weighted by Gasteiger charge is -2.19. The standard InChI is InChI=1S/C18H18N4O2/c1-22-11-10-19-17(22)16(13-6-4-3-5-7-13)21-18(23)14-8-9-15(24-2)20-12-14/h3-12,16H,1-2H3,(H,21,23). The maximum Gasteiger partial charge on any atom is 0.253 e. The molecule has 6 nitrogen and oxygen atoms in total. The van der Waals surface area contributed by atoms with Crippen LogP contribution in [0.15, 0.2) is 61.1 Å². The minimum absolute atomic E-state index is 0.220. The normalized spacial score (nSPS) is 11.8. The number of imidazole rings is 1. The van der Waals surface area contributed by atoms with Gasteiger partial charge in [-0.15, -0.1) is 0 Å². The Morgan fingerprint density at radius 1 is 1.17 bits per heavy atom. The van der Waals surface area contributed by atoms with Crippen molar-refractivity contribution in [2.24, 2.45) is 7.05 Å². The van der Waals surface area contributed by atoms with E-state index in [-0.39, 0.29) is 11.9 Å². The number of carbonyl (C=O) groups excluding carboxylic acids is 1. The molecule has 0 fully saturated rings. The van der Waals surface area contributed by atoms with E-state index in [4.69, 9.17) is 4.74 Å². The third-order valence-corrected chi connectivity index (χ3v) is 3.73. The summed E-state index contributed by atoms with van der Waals surface area (Å²) in [5.41, 5.74) is 1.42. The lowest BCUT2D eigenvalue weighted by atomic mass is 10.1. The first-order valence-electron chi connectivity index (χ1n) is 7.52. The van der Waals surface area contributed by atoms with Crippen LogP contribution in [0.3, 0.4) is 0 Å². The number of nitrogens with zero attached hydrogens (tertiary/aromatic N) is 3. The Bertz CT molecular complexity index is 813. The number of hydrogen-bond donors (Lipinski definition) is 1. The molecular formula is C18H18N4O2. The van der Waals surface area contributed by atoms with Crippen LogP contribution in [0.1, 0.15) is 27.8 Å². The minimum Gasteiger partial charge on any atom is -0.481 e. The first kappa shape index (κ1) is 15.7. The maximum atomic E-state index is 12.6. The van der Waals surface area contributed by atoms with Gasteiger partial charge in [0.2, 0.25) is 5.88 Å². The van der Waals surface area contributed by atoms with Crippen LogP contribution in [-0.4, -0.2) is 27.6 Å². The monoisotopic (exact) mass is 322 g/mol. The van der Waals surface area contributed by atoms with Gasteiger partial charge in [-0.3, -0.25) is 4.79 Å². The number of methoxy groups -OCH3 is 1. The molecule has 1 N–H and O–H groups in total. The van der Waals surface area contributed by atoms with Crippen molar-refractivity contribution in [2.45, 2.75) is 6.04 Å². The number of benzene rings is 1. The molecule has 122 valence electrons. The molecule has 0 spiro atoms. The average Bonchev–Trinajstić information content (AvgIpc) is 3.06. The first-order valence-corrected chi connectivity index (χ1v) is 7.52. The molecule has 0 aliphatic carbocycles. The summed E-state index contributed by atoms with van der Waals surface area (Å²) >= 11 is 0. The molecule has 3 rings (SSSR count). The third kappa shape index (κ3) is 3.27. The van der Waals surface area contributed by atoms with E-state index >= 15 is 0 Å². The molecule has 6 heteroatoms. The number of nitrogens with one attached hydrogen (secondary N) is 1. The summed E-state index contributed by atoms with van der Waals surface area (Å²) in [6.45, 7) is 0. The van der Waals surface area contributed by atoms with E-state index in [2.05, 4.69) is 15.3 Å². The number of hydrogen-bond acceptors (Lipinski definition) is 4. The zero-order chi connectivity index (χ0) is 16.9. The largest absolute Gasteiger partial charge is 0.481 e. The molecule has 24 heavy (non-hydrogen) atoms. The van der Waals surface area contributed by atoms with E-state index in [0.717, 1.165) is 11.4 Å². The lowest BCUT2D eigenvalue weighted by Crippen LogP contribution is -2.31. The Balaban J connectivity index is 1.89. The van der Waals surface area contributed by atoms with E-state index < -0.39 is 0 Å². The summed E-state index contributed by atoms with van der Waals surface area (Å²) in [5.74, 6) is 1.01. The second kappa shape index (κ2) is 6.95. The second-order valence-corrected chi connectivity index (χ2v) is 5.30. The number of ether oxygens (including phenoxy) is 1. The fourth-order valence-corrected chi connectivity index (χ4v) is 2.45. The Kier molecular flexibility index (Phi) is 4.56. The van der Waals surface area contributed by atoms with Crippen LogP contribution >= 0.6 is 0 Å². The summed E-state index contributed by atoms with van der Waals surface area (Å²) < 4.78 is 6.91. The molecular weight excluding hydrogens is 304 g/mol. The number of aryl methyl sites for hydroxylation is 1. The molecule has 0 saturated carbocycles. The summed E-state index contributed by atoms with van der Waals surface area (Å²) in [5, 5.41) is 3.03. The maximum absolute atomic E-state index is 12.6. The van der Waals surface area contributed by atoms with Gasteiger partial charge in [-0.1, -0.05) is 30.3 Å². The van der Waals surface area contributed by atoms with Gasteiger partial charge >= 0.3 is 0 Å². The van der Waals surface area contributed by atoms with Gasteiger partial charge in [0.05, 0.1) is 12.7 Å². The SMILES string of the molecule is COc1ccc(C(=O)NC(c2ccccc2)c2nccn2C)cn1. The summed E-state index contributed by atoms with van der Waals surface area (Å²) in [4.78, 5) is 21.1. The molecule has 0 saturated heterocycles. The fourth-order valence-electron chi connectivity index (χ4n) is 2.45. The molecule has 1 atom stereocenters. The number of amides is 1. The van der Waals surface area contributed by atoms with Gasteiger partial charge in [0.1, 0.15) is 11.9 Å². The highest BCUT2D eigenvalue weighted by Gasteiger charge is 2.21. The fraction of sp³-hybridized carbons (Fsp3) is 0.167. The van der Waals surface area contributed by atoms with E-state index in [1.807, 2.05) is 48.1 Å². The van der Waals surface area contributed by atoms with E-state index in [1.165, 1.54) is 13.3 Å². The Morgan fingerprint density at radius 2 is 1.96 bits per heavy atom. The van der Waals surface area contributed by atoms with Crippen LogP contribution < -0.4 is 10.1 Å². The third-order valence-electron chi connectivity index (χ3n) is 3.73. The second-order valence-electron chi connectivity index (χ2n) is 5.30. The zero-order valence-corrected chi connectivity index (χ0v) is 13.5. The van der Waals surface area contributed by atoms with Crippen molar-refractivity contribution >= 4 is 5.91 Å². The van der Waals surface area contributed by atoms with Gasteiger partial charge in [0.15, 0.2) is 0 Å². The molecule has 1 unspecified atom stereocenters. The molecule has 0 bridgehead atoms. The highest BCUT2D eigenvalue weighted by molar-refractivity contribution is 5.94. The highest BCUT2D eigenvalue weighted by atomic mass is 16.5. The van der Waals surface area contributed by atoms with Crippen molar-refractivity contribution in [3.05, 3.63) is 78.0 Å². The predicted octanol–water partition coefficient (Wildman–Crippen LogP) is 2.34. The lowest BCUT2D eigenvalue weighted by molar-refractivity contribution is 0.0940. The van der Waals surface area contributed by atoms with Gasteiger partial charge in [0, 0.05) is 31.7 Å².